The molecular weight excluding hydrogens is 176 g/mol. The first-order chi connectivity index (χ1) is 6.33. The predicted molar refractivity (Wildman–Crippen MR) is 60.9 cm³/mol. The second-order valence-electron chi connectivity index (χ2n) is 3.45. The SMILES string of the molecule is CSC1=c2ccccc2=C(C)CC1. The molecule has 0 spiro atoms. The minimum absolute atomic E-state index is 1.23. The Morgan fingerprint density at radius 1 is 1.08 bits per heavy atom. The summed E-state index contributed by atoms with van der Waals surface area (Å²) in [5.74, 6) is 0. The van der Waals surface area contributed by atoms with Crippen LogP contribution < -0.4 is 10.4 Å². The van der Waals surface area contributed by atoms with E-state index in [1.807, 2.05) is 11.8 Å². The van der Waals surface area contributed by atoms with Crippen molar-refractivity contribution in [1.82, 2.24) is 0 Å². The van der Waals surface area contributed by atoms with Gasteiger partial charge in [0.2, 0.25) is 0 Å². The summed E-state index contributed by atoms with van der Waals surface area (Å²) >= 11 is 1.89. The average molecular weight is 190 g/mol. The molecule has 1 aliphatic carbocycles. The van der Waals surface area contributed by atoms with E-state index in [9.17, 15) is 0 Å². The molecule has 0 saturated carbocycles. The second-order valence-corrected chi connectivity index (χ2v) is 4.35. The monoisotopic (exact) mass is 190 g/mol. The topological polar surface area (TPSA) is 0 Å². The molecule has 0 bridgehead atoms. The summed E-state index contributed by atoms with van der Waals surface area (Å²) < 4.78 is 0. The second kappa shape index (κ2) is 3.59. The van der Waals surface area contributed by atoms with E-state index in [0.29, 0.717) is 0 Å². The summed E-state index contributed by atoms with van der Waals surface area (Å²) in [5.41, 5.74) is 1.54. The van der Waals surface area contributed by atoms with E-state index < -0.39 is 0 Å². The maximum absolute atomic E-state index is 2.25. The van der Waals surface area contributed by atoms with Crippen LogP contribution in [0.3, 0.4) is 0 Å². The molecule has 1 heteroatoms. The molecule has 0 nitrogen and oxygen atoms in total. The third-order valence-corrected chi connectivity index (χ3v) is 3.58. The highest BCUT2D eigenvalue weighted by atomic mass is 32.2. The quantitative estimate of drug-likeness (QED) is 0.653. The first kappa shape index (κ1) is 8.89. The van der Waals surface area contributed by atoms with E-state index in [2.05, 4.69) is 37.4 Å². The molecule has 0 heterocycles. The van der Waals surface area contributed by atoms with Crippen molar-refractivity contribution in [3.63, 3.8) is 0 Å². The molecule has 0 radical (unpaired) electrons. The van der Waals surface area contributed by atoms with Crippen molar-refractivity contribution in [2.75, 3.05) is 6.26 Å². The Balaban J connectivity index is 2.86. The van der Waals surface area contributed by atoms with Gasteiger partial charge in [-0.05, 0) is 41.4 Å². The van der Waals surface area contributed by atoms with Crippen LogP contribution in [0, 0.1) is 0 Å². The van der Waals surface area contributed by atoms with Crippen LogP contribution in [0.2, 0.25) is 0 Å². The Morgan fingerprint density at radius 3 is 2.46 bits per heavy atom. The van der Waals surface area contributed by atoms with Crippen molar-refractivity contribution in [2.45, 2.75) is 19.8 Å². The third kappa shape index (κ3) is 1.53. The maximum atomic E-state index is 2.25. The predicted octanol–water partition coefficient (Wildman–Crippen LogP) is 2.12. The first-order valence-corrected chi connectivity index (χ1v) is 5.87. The number of benzene rings is 1. The fraction of sp³-hybridized carbons (Fsp3) is 0.333. The van der Waals surface area contributed by atoms with Crippen LogP contribution in [0.25, 0.3) is 10.5 Å². The van der Waals surface area contributed by atoms with E-state index in [1.54, 1.807) is 4.91 Å². The lowest BCUT2D eigenvalue weighted by Gasteiger charge is -2.11. The van der Waals surface area contributed by atoms with E-state index in [0.717, 1.165) is 0 Å². The summed E-state index contributed by atoms with van der Waals surface area (Å²) in [5, 5.41) is 2.91. The van der Waals surface area contributed by atoms with Crippen molar-refractivity contribution in [1.29, 1.82) is 0 Å². The van der Waals surface area contributed by atoms with Crippen LogP contribution in [0.15, 0.2) is 24.3 Å². The molecule has 68 valence electrons. The summed E-state index contributed by atoms with van der Waals surface area (Å²) in [6.45, 7) is 2.25. The Hall–Kier alpha value is -0.690. The number of rotatable bonds is 1. The van der Waals surface area contributed by atoms with E-state index in [1.165, 1.54) is 28.9 Å². The Kier molecular flexibility index (Phi) is 2.45. The van der Waals surface area contributed by atoms with Crippen LogP contribution >= 0.6 is 11.8 Å². The van der Waals surface area contributed by atoms with Gasteiger partial charge in [0, 0.05) is 0 Å². The molecule has 2 rings (SSSR count). The minimum atomic E-state index is 1.23. The van der Waals surface area contributed by atoms with E-state index >= 15 is 0 Å². The first-order valence-electron chi connectivity index (χ1n) is 4.65. The van der Waals surface area contributed by atoms with Crippen molar-refractivity contribution in [2.24, 2.45) is 0 Å². The number of hydrogen-bond acceptors (Lipinski definition) is 1. The summed E-state index contributed by atoms with van der Waals surface area (Å²) in [6, 6.07) is 8.74. The van der Waals surface area contributed by atoms with Gasteiger partial charge in [0.1, 0.15) is 0 Å². The van der Waals surface area contributed by atoms with Gasteiger partial charge in [-0.25, -0.2) is 0 Å². The number of fused-ring (bicyclic) bond motifs is 1. The van der Waals surface area contributed by atoms with Gasteiger partial charge in [-0.1, -0.05) is 29.8 Å². The largest absolute Gasteiger partial charge is 0.133 e. The van der Waals surface area contributed by atoms with Crippen molar-refractivity contribution in [3.05, 3.63) is 34.7 Å². The average Bonchev–Trinajstić information content (AvgIpc) is 2.19. The fourth-order valence-electron chi connectivity index (χ4n) is 1.88. The Morgan fingerprint density at radius 2 is 1.77 bits per heavy atom. The highest BCUT2D eigenvalue weighted by Crippen LogP contribution is 2.22. The van der Waals surface area contributed by atoms with Gasteiger partial charge < -0.3 is 0 Å². The van der Waals surface area contributed by atoms with E-state index in [-0.39, 0.29) is 0 Å². The van der Waals surface area contributed by atoms with Crippen LogP contribution in [0.4, 0.5) is 0 Å². The number of thioether (sulfide) groups is 1. The standard InChI is InChI=1S/C12H14S/c1-9-7-8-12(13-2)11-6-4-3-5-10(9)11/h3-6H,7-8H2,1-2H3. The highest BCUT2D eigenvalue weighted by Gasteiger charge is 2.05. The lowest BCUT2D eigenvalue weighted by Crippen LogP contribution is -2.30. The lowest BCUT2D eigenvalue weighted by molar-refractivity contribution is 1.06. The fourth-order valence-corrected chi connectivity index (χ4v) is 2.58. The smallest absolute Gasteiger partial charge is 0.00735 e. The van der Waals surface area contributed by atoms with Gasteiger partial charge in [-0.3, -0.25) is 0 Å². The zero-order chi connectivity index (χ0) is 9.26. The lowest BCUT2D eigenvalue weighted by atomic mass is 10.0. The zero-order valence-electron chi connectivity index (χ0n) is 8.13. The molecule has 0 unspecified atom stereocenters. The summed E-state index contributed by atoms with van der Waals surface area (Å²) in [7, 11) is 0. The molecule has 0 aromatic heterocycles. The molecule has 0 aliphatic heterocycles. The summed E-state index contributed by atoms with van der Waals surface area (Å²) in [6.07, 6.45) is 4.63. The molecular formula is C12H14S. The zero-order valence-corrected chi connectivity index (χ0v) is 8.95. The maximum Gasteiger partial charge on any atom is -0.00735 e. The van der Waals surface area contributed by atoms with Crippen molar-refractivity contribution >= 4 is 22.2 Å². The Labute approximate surface area is 83.4 Å². The van der Waals surface area contributed by atoms with Gasteiger partial charge in [0.15, 0.2) is 0 Å². The van der Waals surface area contributed by atoms with Crippen molar-refractivity contribution < 1.29 is 0 Å². The molecule has 13 heavy (non-hydrogen) atoms. The van der Waals surface area contributed by atoms with Crippen LogP contribution in [0.5, 0.6) is 0 Å². The molecule has 1 aromatic carbocycles. The van der Waals surface area contributed by atoms with Crippen LogP contribution in [-0.2, 0) is 0 Å². The summed E-state index contributed by atoms with van der Waals surface area (Å²) in [4.78, 5) is 1.54. The van der Waals surface area contributed by atoms with Gasteiger partial charge in [-0.15, -0.1) is 11.8 Å². The van der Waals surface area contributed by atoms with Crippen molar-refractivity contribution in [3.8, 4) is 0 Å². The van der Waals surface area contributed by atoms with E-state index in [4.69, 9.17) is 0 Å². The van der Waals surface area contributed by atoms with Gasteiger partial charge >= 0.3 is 0 Å². The molecule has 0 amide bonds. The third-order valence-electron chi connectivity index (χ3n) is 2.66. The van der Waals surface area contributed by atoms with Gasteiger partial charge in [-0.2, -0.15) is 0 Å². The normalized spacial score (nSPS) is 15.8. The molecule has 0 saturated heterocycles. The molecule has 0 N–H and O–H groups in total. The van der Waals surface area contributed by atoms with Crippen LogP contribution in [-0.4, -0.2) is 6.26 Å². The van der Waals surface area contributed by atoms with Gasteiger partial charge in [0.25, 0.3) is 0 Å². The molecule has 0 fully saturated rings. The highest BCUT2D eigenvalue weighted by molar-refractivity contribution is 8.07. The van der Waals surface area contributed by atoms with Gasteiger partial charge in [0.05, 0.1) is 0 Å². The molecule has 1 aliphatic rings. The molecule has 1 aromatic rings. The molecule has 0 atom stereocenters. The van der Waals surface area contributed by atoms with Crippen LogP contribution in [0.1, 0.15) is 19.8 Å². The minimum Gasteiger partial charge on any atom is -0.133 e. The Bertz CT molecular complexity index is 429. The number of hydrogen-bond donors (Lipinski definition) is 0.